The highest BCUT2D eigenvalue weighted by Gasteiger charge is 2.16. The minimum Gasteiger partial charge on any atom is -0.462 e. The maximum Gasteiger partial charge on any atom is 0.306 e. The van der Waals surface area contributed by atoms with Crippen LogP contribution in [-0.4, -0.2) is 36.4 Å². The Hall–Kier alpha value is -1.62. The van der Waals surface area contributed by atoms with Gasteiger partial charge in [-0.3, -0.25) is 9.59 Å². The predicted octanol–water partition coefficient (Wildman–Crippen LogP) is 15.0. The minimum atomic E-state index is -0.769. The summed E-state index contributed by atoms with van der Waals surface area (Å²) in [6.07, 6.45) is 54.0. The Morgan fingerprint density at radius 2 is 0.755 bits per heavy atom. The van der Waals surface area contributed by atoms with Crippen LogP contribution in [-0.2, 0) is 19.1 Å². The van der Waals surface area contributed by atoms with Gasteiger partial charge in [0.1, 0.15) is 6.61 Å². The van der Waals surface area contributed by atoms with Crippen molar-refractivity contribution in [2.24, 2.45) is 0 Å². The summed E-state index contributed by atoms with van der Waals surface area (Å²) in [4.78, 5) is 24.4. The molecule has 0 radical (unpaired) electrons. The van der Waals surface area contributed by atoms with Crippen LogP contribution >= 0.6 is 0 Å². The number of hydrogen-bond acceptors (Lipinski definition) is 5. The van der Waals surface area contributed by atoms with E-state index in [-0.39, 0.29) is 25.2 Å². The van der Waals surface area contributed by atoms with Gasteiger partial charge in [0, 0.05) is 12.8 Å². The number of ether oxygens (including phenoxy) is 2. The first-order valence-corrected chi connectivity index (χ1v) is 23.4. The number of aliphatic hydroxyl groups excluding tert-OH is 1. The molecular weight excluding hydrogens is 657 g/mol. The highest BCUT2D eigenvalue weighted by Crippen LogP contribution is 2.16. The van der Waals surface area contributed by atoms with E-state index in [1.807, 2.05) is 0 Å². The van der Waals surface area contributed by atoms with Crippen LogP contribution < -0.4 is 0 Å². The van der Waals surface area contributed by atoms with E-state index in [9.17, 15) is 14.7 Å². The molecule has 0 aromatic heterocycles. The molecule has 1 atom stereocenters. The lowest BCUT2D eigenvalue weighted by molar-refractivity contribution is -0.161. The highest BCUT2D eigenvalue weighted by atomic mass is 16.6. The minimum absolute atomic E-state index is 0.0632. The molecular formula is C48H90O5. The molecule has 0 heterocycles. The third-order valence-electron chi connectivity index (χ3n) is 10.5. The molecule has 0 spiro atoms. The lowest BCUT2D eigenvalue weighted by Crippen LogP contribution is -2.28. The summed E-state index contributed by atoms with van der Waals surface area (Å²) in [6, 6.07) is 0. The van der Waals surface area contributed by atoms with Crippen molar-refractivity contribution in [2.75, 3.05) is 13.2 Å². The fourth-order valence-electron chi connectivity index (χ4n) is 6.94. The average Bonchev–Trinajstić information content (AvgIpc) is 3.16. The lowest BCUT2D eigenvalue weighted by Gasteiger charge is -2.15. The Morgan fingerprint density at radius 3 is 1.15 bits per heavy atom. The van der Waals surface area contributed by atoms with Crippen LogP contribution in [0.4, 0.5) is 0 Å². The Labute approximate surface area is 330 Å². The zero-order chi connectivity index (χ0) is 38.6. The average molecular weight is 747 g/mol. The van der Waals surface area contributed by atoms with Crippen molar-refractivity contribution in [3.8, 4) is 0 Å². The first kappa shape index (κ1) is 51.4. The normalized spacial score (nSPS) is 12.3. The van der Waals surface area contributed by atoms with Gasteiger partial charge in [-0.1, -0.05) is 218 Å². The van der Waals surface area contributed by atoms with E-state index >= 15 is 0 Å². The molecule has 0 unspecified atom stereocenters. The molecule has 0 aliphatic rings. The third-order valence-corrected chi connectivity index (χ3v) is 10.5. The lowest BCUT2D eigenvalue weighted by atomic mass is 10.0. The van der Waals surface area contributed by atoms with Crippen LogP contribution in [0, 0.1) is 0 Å². The fraction of sp³-hybridized carbons (Fsp3) is 0.875. The number of rotatable bonds is 43. The molecule has 53 heavy (non-hydrogen) atoms. The van der Waals surface area contributed by atoms with Crippen molar-refractivity contribution >= 4 is 11.9 Å². The van der Waals surface area contributed by atoms with Crippen LogP contribution in [0.25, 0.3) is 0 Å². The van der Waals surface area contributed by atoms with Crippen molar-refractivity contribution in [2.45, 2.75) is 258 Å². The molecule has 0 aliphatic heterocycles. The summed E-state index contributed by atoms with van der Waals surface area (Å²) < 4.78 is 10.7. The van der Waals surface area contributed by atoms with Gasteiger partial charge in [0.25, 0.3) is 0 Å². The standard InChI is InChI=1S/C48H90O5/c1-3-5-7-9-11-13-15-17-19-21-23-25-27-29-31-33-35-37-39-41-43-48(51)53-46(44-49)45-52-47(50)42-40-38-36-34-32-30-28-26-24-22-20-18-16-14-12-10-8-6-4-2/h12,14,18,20,46,49H,3-11,13,15-17,19,21-45H2,1-2H3/b14-12+,20-18+/t46-/m0/s1. The van der Waals surface area contributed by atoms with Crippen molar-refractivity contribution < 1.29 is 24.2 Å². The summed E-state index contributed by atoms with van der Waals surface area (Å²) in [5.41, 5.74) is 0. The number of carbonyl (C=O) groups excluding carboxylic acids is 2. The summed E-state index contributed by atoms with van der Waals surface area (Å²) in [6.45, 7) is 4.14. The predicted molar refractivity (Wildman–Crippen MR) is 228 cm³/mol. The first-order chi connectivity index (χ1) is 26.1. The van der Waals surface area contributed by atoms with Crippen molar-refractivity contribution in [3.63, 3.8) is 0 Å². The van der Waals surface area contributed by atoms with E-state index in [2.05, 4.69) is 38.2 Å². The van der Waals surface area contributed by atoms with E-state index in [4.69, 9.17) is 9.47 Å². The summed E-state index contributed by atoms with van der Waals surface area (Å²) in [5.74, 6) is -0.582. The molecule has 0 aromatic carbocycles. The van der Waals surface area contributed by atoms with E-state index in [0.29, 0.717) is 12.8 Å². The molecule has 0 bridgehead atoms. The van der Waals surface area contributed by atoms with Crippen LogP contribution in [0.3, 0.4) is 0 Å². The van der Waals surface area contributed by atoms with Crippen LogP contribution in [0.1, 0.15) is 251 Å². The second kappa shape index (κ2) is 44.8. The van der Waals surface area contributed by atoms with E-state index in [1.165, 1.54) is 180 Å². The number of carbonyl (C=O) groups is 2. The summed E-state index contributed by atoms with van der Waals surface area (Å²) in [7, 11) is 0. The van der Waals surface area contributed by atoms with Crippen molar-refractivity contribution in [1.29, 1.82) is 0 Å². The first-order valence-electron chi connectivity index (χ1n) is 23.4. The third kappa shape index (κ3) is 43.0. The number of aliphatic hydroxyl groups is 1. The maximum atomic E-state index is 12.2. The monoisotopic (exact) mass is 747 g/mol. The van der Waals surface area contributed by atoms with Gasteiger partial charge in [0.2, 0.25) is 0 Å². The zero-order valence-corrected chi connectivity index (χ0v) is 35.5. The fourth-order valence-corrected chi connectivity index (χ4v) is 6.94. The molecule has 1 N–H and O–H groups in total. The maximum absolute atomic E-state index is 12.2. The Morgan fingerprint density at radius 1 is 0.434 bits per heavy atom. The van der Waals surface area contributed by atoms with Gasteiger partial charge in [-0.05, 0) is 44.9 Å². The van der Waals surface area contributed by atoms with Gasteiger partial charge in [-0.15, -0.1) is 0 Å². The SMILES string of the molecule is CCCCC/C=C/C/C=C/CCCCCCCCCCCC(=O)OC[C@H](CO)OC(=O)CCCCCCCCCCCCCCCCCCCCCC. The Kier molecular flexibility index (Phi) is 43.4. The van der Waals surface area contributed by atoms with Gasteiger partial charge in [-0.2, -0.15) is 0 Å². The van der Waals surface area contributed by atoms with E-state index in [0.717, 1.165) is 44.9 Å². The summed E-state index contributed by atoms with van der Waals surface area (Å²) in [5, 5.41) is 9.60. The highest BCUT2D eigenvalue weighted by molar-refractivity contribution is 5.70. The van der Waals surface area contributed by atoms with Gasteiger partial charge < -0.3 is 14.6 Å². The molecule has 0 saturated heterocycles. The molecule has 0 fully saturated rings. The number of allylic oxidation sites excluding steroid dienone is 4. The van der Waals surface area contributed by atoms with Crippen molar-refractivity contribution in [3.05, 3.63) is 24.3 Å². The van der Waals surface area contributed by atoms with Gasteiger partial charge in [0.15, 0.2) is 6.10 Å². The van der Waals surface area contributed by atoms with Crippen molar-refractivity contribution in [1.82, 2.24) is 0 Å². The second-order valence-corrected chi connectivity index (χ2v) is 15.8. The van der Waals surface area contributed by atoms with Crippen LogP contribution in [0.5, 0.6) is 0 Å². The molecule has 0 rings (SSSR count). The second-order valence-electron chi connectivity index (χ2n) is 15.8. The Balaban J connectivity index is 3.48. The van der Waals surface area contributed by atoms with Crippen LogP contribution in [0.15, 0.2) is 24.3 Å². The number of hydrogen-bond donors (Lipinski definition) is 1. The molecule has 0 aromatic rings. The number of esters is 2. The molecule has 0 saturated carbocycles. The smallest absolute Gasteiger partial charge is 0.306 e. The molecule has 5 heteroatoms. The summed E-state index contributed by atoms with van der Waals surface area (Å²) >= 11 is 0. The number of unbranched alkanes of at least 4 members (excludes halogenated alkanes) is 31. The largest absolute Gasteiger partial charge is 0.462 e. The molecule has 0 aliphatic carbocycles. The zero-order valence-electron chi connectivity index (χ0n) is 35.5. The van der Waals surface area contributed by atoms with Gasteiger partial charge in [0.05, 0.1) is 6.61 Å². The van der Waals surface area contributed by atoms with Gasteiger partial charge in [-0.25, -0.2) is 0 Å². The van der Waals surface area contributed by atoms with Crippen LogP contribution in [0.2, 0.25) is 0 Å². The quantitative estimate of drug-likeness (QED) is 0.0382. The van der Waals surface area contributed by atoms with E-state index < -0.39 is 6.10 Å². The topological polar surface area (TPSA) is 72.8 Å². The molecule has 312 valence electrons. The molecule has 5 nitrogen and oxygen atoms in total. The Bertz CT molecular complexity index is 806. The molecule has 0 amide bonds. The van der Waals surface area contributed by atoms with Gasteiger partial charge >= 0.3 is 11.9 Å². The van der Waals surface area contributed by atoms with E-state index in [1.54, 1.807) is 0 Å².